The minimum Gasteiger partial charge on any atom is -0.385 e. The van der Waals surface area contributed by atoms with Crippen LogP contribution in [-0.4, -0.2) is 11.9 Å². The minimum absolute atomic E-state index is 0.292. The Hall–Kier alpha value is -1.36. The summed E-state index contributed by atoms with van der Waals surface area (Å²) in [6.07, 6.45) is 0. The Morgan fingerprint density at radius 1 is 1.50 bits per heavy atom. The fourth-order valence-corrected chi connectivity index (χ4v) is 1.77. The molecule has 0 fully saturated rings. The third-order valence-corrected chi connectivity index (χ3v) is 2.47. The second-order valence-electron chi connectivity index (χ2n) is 2.97. The molecule has 1 aromatic rings. The molecule has 2 amide bonds. The molecule has 4 nitrogen and oxygen atoms in total. The summed E-state index contributed by atoms with van der Waals surface area (Å²) in [6.45, 7) is 0. The quantitative estimate of drug-likeness (QED) is 0.798. The van der Waals surface area contributed by atoms with Gasteiger partial charge in [0.25, 0.3) is 0 Å². The lowest BCUT2D eigenvalue weighted by molar-refractivity contribution is 0.250. The van der Waals surface area contributed by atoms with Gasteiger partial charge < -0.3 is 11.1 Å². The van der Waals surface area contributed by atoms with Crippen LogP contribution in [0.25, 0.3) is 0 Å². The molecule has 0 saturated carbocycles. The van der Waals surface area contributed by atoms with E-state index in [4.69, 9.17) is 5.73 Å². The van der Waals surface area contributed by atoms with E-state index >= 15 is 0 Å². The molecule has 1 atom stereocenters. The fraction of sp³-hybridized carbons (Fsp3) is 0.111. The summed E-state index contributed by atoms with van der Waals surface area (Å²) >= 11 is 3.35. The van der Waals surface area contributed by atoms with E-state index in [0.717, 1.165) is 10.0 Å². The van der Waals surface area contributed by atoms with Crippen LogP contribution >= 0.6 is 15.9 Å². The number of benzene rings is 1. The molecule has 1 aliphatic rings. The SMILES string of the molecule is NC1=NC(=O)NC1c1cccc(Br)c1. The Bertz CT molecular complexity index is 416. The highest BCUT2D eigenvalue weighted by Gasteiger charge is 2.24. The van der Waals surface area contributed by atoms with Crippen molar-refractivity contribution in [2.45, 2.75) is 6.04 Å². The number of hydrogen-bond acceptors (Lipinski definition) is 2. The summed E-state index contributed by atoms with van der Waals surface area (Å²) < 4.78 is 0.948. The Kier molecular flexibility index (Phi) is 2.25. The van der Waals surface area contributed by atoms with Crippen LogP contribution in [0.15, 0.2) is 33.7 Å². The summed E-state index contributed by atoms with van der Waals surface area (Å²) in [5.74, 6) is 0.313. The number of nitrogens with zero attached hydrogens (tertiary/aromatic N) is 1. The number of amides is 2. The zero-order valence-electron chi connectivity index (χ0n) is 7.20. The van der Waals surface area contributed by atoms with Crippen LogP contribution in [0.1, 0.15) is 11.6 Å². The number of aliphatic imine (C=N–C) groups is 1. The van der Waals surface area contributed by atoms with Gasteiger partial charge in [0.15, 0.2) is 0 Å². The second-order valence-corrected chi connectivity index (χ2v) is 3.89. The smallest absolute Gasteiger partial charge is 0.343 e. The molecule has 5 heteroatoms. The van der Waals surface area contributed by atoms with E-state index in [2.05, 4.69) is 26.2 Å². The molecule has 14 heavy (non-hydrogen) atoms. The van der Waals surface area contributed by atoms with Crippen LogP contribution in [0, 0.1) is 0 Å². The third kappa shape index (κ3) is 1.63. The number of urea groups is 1. The van der Waals surface area contributed by atoms with Crippen LogP contribution < -0.4 is 11.1 Å². The van der Waals surface area contributed by atoms with E-state index in [0.29, 0.717) is 5.84 Å². The standard InChI is InChI=1S/C9H8BrN3O/c10-6-3-1-2-5(4-6)7-8(11)13-9(14)12-7/h1-4,7H,(H3,11,12,13,14). The molecule has 1 aromatic carbocycles. The van der Waals surface area contributed by atoms with Gasteiger partial charge in [-0.05, 0) is 17.7 Å². The van der Waals surface area contributed by atoms with E-state index in [1.807, 2.05) is 24.3 Å². The summed E-state index contributed by atoms with van der Waals surface area (Å²) in [6, 6.07) is 6.92. The lowest BCUT2D eigenvalue weighted by Crippen LogP contribution is -2.27. The van der Waals surface area contributed by atoms with Crippen molar-refractivity contribution in [3.8, 4) is 0 Å². The first-order chi connectivity index (χ1) is 6.66. The molecular weight excluding hydrogens is 246 g/mol. The molecule has 0 radical (unpaired) electrons. The van der Waals surface area contributed by atoms with Gasteiger partial charge in [-0.2, -0.15) is 4.99 Å². The van der Waals surface area contributed by atoms with E-state index < -0.39 is 0 Å². The normalized spacial score (nSPS) is 20.5. The minimum atomic E-state index is -0.382. The third-order valence-electron chi connectivity index (χ3n) is 1.98. The van der Waals surface area contributed by atoms with Crippen molar-refractivity contribution in [1.82, 2.24) is 5.32 Å². The molecule has 0 aliphatic carbocycles. The van der Waals surface area contributed by atoms with Gasteiger partial charge in [-0.15, -0.1) is 0 Å². The Labute approximate surface area is 89.3 Å². The molecule has 2 rings (SSSR count). The number of carbonyl (C=O) groups excluding carboxylic acids is 1. The van der Waals surface area contributed by atoms with Gasteiger partial charge in [-0.25, -0.2) is 4.79 Å². The maximum atomic E-state index is 10.9. The maximum Gasteiger partial charge on any atom is 0.343 e. The monoisotopic (exact) mass is 253 g/mol. The highest BCUT2D eigenvalue weighted by atomic mass is 79.9. The second kappa shape index (κ2) is 3.42. The highest BCUT2D eigenvalue weighted by Crippen LogP contribution is 2.20. The van der Waals surface area contributed by atoms with Crippen molar-refractivity contribution in [3.05, 3.63) is 34.3 Å². The molecule has 0 bridgehead atoms. The first-order valence-corrected chi connectivity index (χ1v) is 4.86. The number of nitrogens with one attached hydrogen (secondary N) is 1. The Balaban J connectivity index is 2.33. The van der Waals surface area contributed by atoms with Crippen LogP contribution in [0.2, 0.25) is 0 Å². The maximum absolute atomic E-state index is 10.9. The van der Waals surface area contributed by atoms with E-state index in [1.165, 1.54) is 0 Å². The lowest BCUT2D eigenvalue weighted by atomic mass is 10.1. The number of nitrogens with two attached hydrogens (primary N) is 1. The molecule has 0 aromatic heterocycles. The van der Waals surface area contributed by atoms with Crippen molar-refractivity contribution >= 4 is 27.8 Å². The summed E-state index contributed by atoms with van der Waals surface area (Å²) in [5.41, 5.74) is 6.53. The van der Waals surface area contributed by atoms with Crippen molar-refractivity contribution in [1.29, 1.82) is 0 Å². The van der Waals surface area contributed by atoms with Gasteiger partial charge in [0.2, 0.25) is 0 Å². The Morgan fingerprint density at radius 2 is 2.29 bits per heavy atom. The number of amidine groups is 1. The molecule has 72 valence electrons. The largest absolute Gasteiger partial charge is 0.385 e. The van der Waals surface area contributed by atoms with Crippen molar-refractivity contribution in [3.63, 3.8) is 0 Å². The fourth-order valence-electron chi connectivity index (χ4n) is 1.35. The van der Waals surface area contributed by atoms with E-state index in [-0.39, 0.29) is 12.1 Å². The molecular formula is C9H8BrN3O. The first-order valence-electron chi connectivity index (χ1n) is 4.07. The summed E-state index contributed by atoms with van der Waals surface area (Å²) in [7, 11) is 0. The van der Waals surface area contributed by atoms with E-state index in [1.54, 1.807) is 0 Å². The molecule has 1 aliphatic heterocycles. The van der Waals surface area contributed by atoms with Gasteiger partial charge in [-0.1, -0.05) is 28.1 Å². The van der Waals surface area contributed by atoms with Crippen LogP contribution in [0.3, 0.4) is 0 Å². The molecule has 0 spiro atoms. The number of rotatable bonds is 1. The lowest BCUT2D eigenvalue weighted by Gasteiger charge is -2.10. The van der Waals surface area contributed by atoms with Gasteiger partial charge >= 0.3 is 6.03 Å². The van der Waals surface area contributed by atoms with Crippen LogP contribution in [0.4, 0.5) is 4.79 Å². The topological polar surface area (TPSA) is 67.5 Å². The van der Waals surface area contributed by atoms with Gasteiger partial charge in [0.1, 0.15) is 11.9 Å². The number of carbonyl (C=O) groups is 1. The molecule has 1 heterocycles. The van der Waals surface area contributed by atoms with Gasteiger partial charge in [0, 0.05) is 4.47 Å². The average Bonchev–Trinajstić information content (AvgIpc) is 2.45. The first kappa shape index (κ1) is 9.21. The van der Waals surface area contributed by atoms with Crippen molar-refractivity contribution in [2.75, 3.05) is 0 Å². The van der Waals surface area contributed by atoms with E-state index in [9.17, 15) is 4.79 Å². The van der Waals surface area contributed by atoms with Gasteiger partial charge in [-0.3, -0.25) is 0 Å². The number of hydrogen-bond donors (Lipinski definition) is 2. The Morgan fingerprint density at radius 3 is 2.86 bits per heavy atom. The van der Waals surface area contributed by atoms with Crippen LogP contribution in [-0.2, 0) is 0 Å². The zero-order valence-corrected chi connectivity index (χ0v) is 8.78. The predicted molar refractivity (Wildman–Crippen MR) is 57.0 cm³/mol. The summed E-state index contributed by atoms with van der Waals surface area (Å²) in [5, 5.41) is 2.66. The number of halogens is 1. The van der Waals surface area contributed by atoms with Crippen molar-refractivity contribution < 1.29 is 4.79 Å². The molecule has 3 N–H and O–H groups in total. The predicted octanol–water partition coefficient (Wildman–Crippen LogP) is 1.57. The molecule has 1 unspecified atom stereocenters. The highest BCUT2D eigenvalue weighted by molar-refractivity contribution is 9.10. The summed E-state index contributed by atoms with van der Waals surface area (Å²) in [4.78, 5) is 14.5. The van der Waals surface area contributed by atoms with Crippen molar-refractivity contribution in [2.24, 2.45) is 10.7 Å². The van der Waals surface area contributed by atoms with Gasteiger partial charge in [0.05, 0.1) is 0 Å². The van der Waals surface area contributed by atoms with Crippen LogP contribution in [0.5, 0.6) is 0 Å². The molecule has 0 saturated heterocycles. The zero-order chi connectivity index (χ0) is 10.1. The average molecular weight is 254 g/mol.